The fourth-order valence-corrected chi connectivity index (χ4v) is 5.65. The van der Waals surface area contributed by atoms with Gasteiger partial charge in [0.25, 0.3) is 11.8 Å². The molecule has 10 heteroatoms. The molecule has 3 aliphatic rings. The van der Waals surface area contributed by atoms with Crippen LogP contribution >= 0.6 is 0 Å². The molecule has 2 aliphatic heterocycles. The zero-order valence-corrected chi connectivity index (χ0v) is 21.7. The third kappa shape index (κ3) is 6.12. The minimum atomic E-state index is -0.416. The molecule has 10 nitrogen and oxygen atoms in total. The first-order valence-corrected chi connectivity index (χ1v) is 13.5. The van der Waals surface area contributed by atoms with Crippen LogP contribution in [0.1, 0.15) is 72.2 Å². The van der Waals surface area contributed by atoms with E-state index in [1.165, 1.54) is 50.7 Å². The van der Waals surface area contributed by atoms with Crippen molar-refractivity contribution >= 4 is 23.4 Å². The lowest BCUT2D eigenvalue weighted by molar-refractivity contribution is -0.134. The molecule has 1 saturated carbocycles. The minimum Gasteiger partial charge on any atom is -0.490 e. The maximum Gasteiger partial charge on any atom is 0.275 e. The van der Waals surface area contributed by atoms with E-state index in [1.54, 1.807) is 30.1 Å². The molecule has 0 radical (unpaired) electrons. The topological polar surface area (TPSA) is 123 Å². The first-order valence-electron chi connectivity index (χ1n) is 13.5. The molecule has 2 fully saturated rings. The molecule has 3 amide bonds. The predicted molar refractivity (Wildman–Crippen MR) is 140 cm³/mol. The van der Waals surface area contributed by atoms with Crippen LogP contribution in [0.4, 0.5) is 5.69 Å². The maximum atomic E-state index is 13.4. The van der Waals surface area contributed by atoms with Gasteiger partial charge in [-0.1, -0.05) is 19.3 Å². The van der Waals surface area contributed by atoms with E-state index in [0.717, 1.165) is 13.0 Å². The summed E-state index contributed by atoms with van der Waals surface area (Å²) in [6.45, 7) is 1.01. The quantitative estimate of drug-likeness (QED) is 0.599. The summed E-state index contributed by atoms with van der Waals surface area (Å²) in [6, 6.07) is 4.80. The smallest absolute Gasteiger partial charge is 0.275 e. The molecule has 2 aromatic rings. The van der Waals surface area contributed by atoms with E-state index in [2.05, 4.69) is 20.6 Å². The van der Waals surface area contributed by atoms with Crippen LogP contribution < -0.4 is 15.4 Å². The summed E-state index contributed by atoms with van der Waals surface area (Å²) < 4.78 is 12.3. The third-order valence-corrected chi connectivity index (χ3v) is 7.79. The fourth-order valence-electron chi connectivity index (χ4n) is 5.65. The first-order chi connectivity index (χ1) is 18.5. The van der Waals surface area contributed by atoms with Crippen molar-refractivity contribution in [2.45, 2.75) is 69.6 Å². The van der Waals surface area contributed by atoms with Gasteiger partial charge in [-0.3, -0.25) is 19.4 Å². The van der Waals surface area contributed by atoms with Gasteiger partial charge in [0.1, 0.15) is 24.2 Å². The van der Waals surface area contributed by atoms with Crippen molar-refractivity contribution in [1.29, 1.82) is 0 Å². The van der Waals surface area contributed by atoms with Crippen LogP contribution in [-0.4, -0.2) is 71.0 Å². The van der Waals surface area contributed by atoms with Gasteiger partial charge in [-0.05, 0) is 49.8 Å². The molecule has 1 aromatic carbocycles. The summed E-state index contributed by atoms with van der Waals surface area (Å²) in [5.74, 6) is 0.409. The monoisotopic (exact) mass is 521 g/mol. The fraction of sp³-hybridized carbons (Fsp3) is 0.536. The summed E-state index contributed by atoms with van der Waals surface area (Å²) in [5, 5.41) is 5.86. The number of nitrogens with zero attached hydrogens (tertiary/aromatic N) is 3. The average Bonchev–Trinajstić information content (AvgIpc) is 2.95. The molecule has 3 heterocycles. The van der Waals surface area contributed by atoms with Crippen molar-refractivity contribution in [2.75, 3.05) is 25.5 Å². The van der Waals surface area contributed by atoms with Crippen LogP contribution in [0.25, 0.3) is 0 Å². The molecule has 0 bridgehead atoms. The first kappa shape index (κ1) is 26.1. The van der Waals surface area contributed by atoms with E-state index in [4.69, 9.17) is 9.47 Å². The lowest BCUT2D eigenvalue weighted by atomic mass is 9.89. The molecule has 1 aromatic heterocycles. The lowest BCUT2D eigenvalue weighted by Crippen LogP contribution is -2.54. The van der Waals surface area contributed by atoms with Gasteiger partial charge in [-0.2, -0.15) is 0 Å². The third-order valence-electron chi connectivity index (χ3n) is 7.79. The summed E-state index contributed by atoms with van der Waals surface area (Å²) >= 11 is 0. The Morgan fingerprint density at radius 2 is 1.95 bits per heavy atom. The normalized spacial score (nSPS) is 23.8. The number of nitrogens with one attached hydrogen (secondary N) is 2. The molecule has 0 spiro atoms. The Labute approximate surface area is 222 Å². The molecular weight excluding hydrogens is 486 g/mol. The number of carbonyl (C=O) groups is 3. The maximum absolute atomic E-state index is 13.4. The van der Waals surface area contributed by atoms with Crippen molar-refractivity contribution in [3.8, 4) is 5.75 Å². The highest BCUT2D eigenvalue weighted by Gasteiger charge is 2.39. The molecule has 202 valence electrons. The molecule has 2 N–H and O–H groups in total. The van der Waals surface area contributed by atoms with E-state index in [9.17, 15) is 14.4 Å². The standard InChI is InChI=1S/C28H35N5O5/c1-33-23-9-8-20(14-26(34)31-15-18-5-3-2-4-6-18)38-25(23)17-37-24-10-7-19(13-21(24)28(33)36)32-27(35)22-16-29-11-12-30-22/h7,10-13,16,18,20,23,25H,2-6,8-9,14-15,17H2,1H3,(H,31,34)(H,32,35)/t20-,23+,25+/m0/s1. The molecule has 38 heavy (non-hydrogen) atoms. The second-order valence-corrected chi connectivity index (χ2v) is 10.4. The van der Waals surface area contributed by atoms with Gasteiger partial charge in [0.05, 0.1) is 30.3 Å². The van der Waals surface area contributed by atoms with Gasteiger partial charge in [0.2, 0.25) is 5.91 Å². The van der Waals surface area contributed by atoms with Gasteiger partial charge < -0.3 is 25.0 Å². The Bertz CT molecular complexity index is 1150. The molecule has 0 unspecified atom stereocenters. The number of rotatable bonds is 6. The second kappa shape index (κ2) is 11.9. The largest absolute Gasteiger partial charge is 0.490 e. The van der Waals surface area contributed by atoms with E-state index in [0.29, 0.717) is 35.8 Å². The van der Waals surface area contributed by atoms with Gasteiger partial charge >= 0.3 is 0 Å². The van der Waals surface area contributed by atoms with Crippen molar-refractivity contribution < 1.29 is 23.9 Å². The van der Waals surface area contributed by atoms with E-state index < -0.39 is 5.91 Å². The average molecular weight is 522 g/mol. The Morgan fingerprint density at radius 3 is 2.74 bits per heavy atom. The van der Waals surface area contributed by atoms with E-state index in [-0.39, 0.29) is 42.4 Å². The van der Waals surface area contributed by atoms with Crippen molar-refractivity contribution in [1.82, 2.24) is 20.2 Å². The molecule has 5 rings (SSSR count). The number of fused-ring (bicyclic) bond motifs is 2. The van der Waals surface area contributed by atoms with E-state index >= 15 is 0 Å². The number of hydrogen-bond donors (Lipinski definition) is 2. The highest BCUT2D eigenvalue weighted by atomic mass is 16.5. The van der Waals surface area contributed by atoms with Crippen LogP contribution in [-0.2, 0) is 9.53 Å². The second-order valence-electron chi connectivity index (χ2n) is 10.4. The Balaban J connectivity index is 1.20. The number of benzene rings is 1. The minimum absolute atomic E-state index is 0.0247. The highest BCUT2D eigenvalue weighted by molar-refractivity contribution is 6.04. The number of carbonyl (C=O) groups excluding carboxylic acids is 3. The molecule has 1 aliphatic carbocycles. The number of hydrogen-bond acceptors (Lipinski definition) is 7. The zero-order valence-electron chi connectivity index (χ0n) is 21.7. The number of amides is 3. The SMILES string of the molecule is CN1C(=O)c2cc(NC(=O)c3cnccn3)ccc2OC[C@H]2O[C@H](CC(=O)NCC3CCCCC3)CC[C@H]21. The zero-order chi connectivity index (χ0) is 26.5. The Hall–Kier alpha value is -3.53. The van der Waals surface area contributed by atoms with E-state index in [1.807, 2.05) is 0 Å². The Morgan fingerprint density at radius 1 is 1.11 bits per heavy atom. The Kier molecular flexibility index (Phi) is 8.17. The van der Waals surface area contributed by atoms with Crippen molar-refractivity contribution in [2.24, 2.45) is 5.92 Å². The van der Waals surface area contributed by atoms with Crippen LogP contribution in [0.3, 0.4) is 0 Å². The van der Waals surface area contributed by atoms with Gasteiger partial charge in [-0.15, -0.1) is 0 Å². The van der Waals surface area contributed by atoms with Gasteiger partial charge in [-0.25, -0.2) is 4.98 Å². The molecular formula is C28H35N5O5. The summed E-state index contributed by atoms with van der Waals surface area (Å²) in [7, 11) is 1.76. The van der Waals surface area contributed by atoms with Crippen LogP contribution in [0.5, 0.6) is 5.75 Å². The van der Waals surface area contributed by atoms with Crippen molar-refractivity contribution in [3.63, 3.8) is 0 Å². The highest BCUT2D eigenvalue weighted by Crippen LogP contribution is 2.32. The van der Waals surface area contributed by atoms with Gasteiger partial charge in [0, 0.05) is 31.7 Å². The molecule has 3 atom stereocenters. The van der Waals surface area contributed by atoms with Crippen LogP contribution in [0.2, 0.25) is 0 Å². The number of aromatic nitrogens is 2. The lowest BCUT2D eigenvalue weighted by Gasteiger charge is -2.42. The summed E-state index contributed by atoms with van der Waals surface area (Å²) in [6.07, 6.45) is 11.7. The van der Waals surface area contributed by atoms with Crippen molar-refractivity contribution in [3.05, 3.63) is 48.0 Å². The molecule has 1 saturated heterocycles. The van der Waals surface area contributed by atoms with Crippen LogP contribution in [0.15, 0.2) is 36.8 Å². The number of anilines is 1. The predicted octanol–water partition coefficient (Wildman–Crippen LogP) is 3.20. The summed E-state index contributed by atoms with van der Waals surface area (Å²) in [4.78, 5) is 48.1. The number of ether oxygens (including phenoxy) is 2. The van der Waals surface area contributed by atoms with Crippen LogP contribution in [0, 0.1) is 5.92 Å². The number of likely N-dealkylation sites (N-methyl/N-ethyl adjacent to an activating group) is 1. The summed E-state index contributed by atoms with van der Waals surface area (Å²) in [5.41, 5.74) is 1.01. The van der Waals surface area contributed by atoms with Gasteiger partial charge in [0.15, 0.2) is 0 Å².